The average Bonchev–Trinajstić information content (AvgIpc) is 2.61. The third-order valence-electron chi connectivity index (χ3n) is 4.39. The molecule has 5 heteroatoms. The molecule has 2 bridgehead atoms. The number of hydrogen-bond donors (Lipinski definition) is 0. The van der Waals surface area contributed by atoms with E-state index in [0.29, 0.717) is 17.6 Å². The lowest BCUT2D eigenvalue weighted by molar-refractivity contribution is -0.137. The number of hydrogen-bond acceptors (Lipinski definition) is 1. The second kappa shape index (κ2) is 4.78. The molecular weight excluding hydrogens is 287 g/mol. The van der Waals surface area contributed by atoms with Gasteiger partial charge in [-0.05, 0) is 49.6 Å². The summed E-state index contributed by atoms with van der Waals surface area (Å²) < 4.78 is 38.7. The van der Waals surface area contributed by atoms with Crippen LogP contribution in [0.4, 0.5) is 13.2 Å². The molecule has 2 atom stereocenters. The molecule has 1 aromatic carbocycles. The van der Waals surface area contributed by atoms with Crippen molar-refractivity contribution in [2.75, 3.05) is 7.05 Å². The minimum Gasteiger partial charge on any atom is -0.297 e. The molecule has 1 fully saturated rings. The van der Waals surface area contributed by atoms with Crippen molar-refractivity contribution in [2.45, 2.75) is 37.5 Å². The summed E-state index contributed by atoms with van der Waals surface area (Å²) in [5.41, 5.74) is 0.910. The Hall–Kier alpha value is -1.00. The summed E-state index contributed by atoms with van der Waals surface area (Å²) >= 11 is 5.66. The van der Waals surface area contributed by atoms with Gasteiger partial charge in [-0.3, -0.25) is 4.90 Å². The van der Waals surface area contributed by atoms with Crippen molar-refractivity contribution >= 4 is 17.2 Å². The van der Waals surface area contributed by atoms with Crippen LogP contribution in [0, 0.1) is 0 Å². The Balaban J connectivity index is 1.98. The van der Waals surface area contributed by atoms with E-state index in [1.807, 2.05) is 0 Å². The highest BCUT2D eigenvalue weighted by molar-refractivity contribution is 6.31. The molecular formula is C15H15ClF3N. The molecule has 2 heterocycles. The summed E-state index contributed by atoms with van der Waals surface area (Å²) in [6.45, 7) is 0. The van der Waals surface area contributed by atoms with Crippen molar-refractivity contribution < 1.29 is 13.2 Å². The predicted molar refractivity (Wildman–Crippen MR) is 73.6 cm³/mol. The van der Waals surface area contributed by atoms with Crippen LogP contribution in [-0.2, 0) is 6.18 Å². The summed E-state index contributed by atoms with van der Waals surface area (Å²) in [6, 6.07) is 5.02. The van der Waals surface area contributed by atoms with E-state index in [9.17, 15) is 13.2 Å². The van der Waals surface area contributed by atoms with Gasteiger partial charge in [0.25, 0.3) is 0 Å². The normalized spacial score (nSPS) is 26.8. The first-order valence-electron chi connectivity index (χ1n) is 6.66. The maximum atomic E-state index is 12.9. The highest BCUT2D eigenvalue weighted by atomic mass is 35.5. The maximum absolute atomic E-state index is 12.9. The Morgan fingerprint density at radius 2 is 2.00 bits per heavy atom. The lowest BCUT2D eigenvalue weighted by Crippen LogP contribution is -2.34. The molecule has 0 amide bonds. The number of alkyl halides is 3. The van der Waals surface area contributed by atoms with E-state index >= 15 is 0 Å². The fraction of sp³-hybridized carbons (Fsp3) is 0.467. The molecule has 0 aliphatic carbocycles. The SMILES string of the molecule is CN1C2C=C(c3ccc(Cl)c(C(F)(F)F)c3)CC1CC2. The van der Waals surface area contributed by atoms with E-state index in [4.69, 9.17) is 11.6 Å². The Labute approximate surface area is 121 Å². The van der Waals surface area contributed by atoms with Crippen LogP contribution in [0.2, 0.25) is 5.02 Å². The van der Waals surface area contributed by atoms with E-state index in [0.717, 1.165) is 24.8 Å². The van der Waals surface area contributed by atoms with Crippen molar-refractivity contribution in [1.82, 2.24) is 4.90 Å². The lowest BCUT2D eigenvalue weighted by Gasteiger charge is -2.30. The average molecular weight is 302 g/mol. The highest BCUT2D eigenvalue weighted by Crippen LogP contribution is 2.40. The van der Waals surface area contributed by atoms with E-state index in [1.165, 1.54) is 12.1 Å². The van der Waals surface area contributed by atoms with Crippen LogP contribution in [0.5, 0.6) is 0 Å². The van der Waals surface area contributed by atoms with Gasteiger partial charge < -0.3 is 0 Å². The molecule has 0 saturated carbocycles. The van der Waals surface area contributed by atoms with Crippen molar-refractivity contribution in [3.63, 3.8) is 0 Å². The molecule has 0 radical (unpaired) electrons. The van der Waals surface area contributed by atoms with Crippen LogP contribution < -0.4 is 0 Å². The van der Waals surface area contributed by atoms with Crippen LogP contribution >= 0.6 is 11.6 Å². The standard InChI is InChI=1S/C15H15ClF3N/c1-20-11-3-4-12(20)7-10(6-11)9-2-5-14(16)13(8-9)15(17,18)19/h2,5-6,8,11-12H,3-4,7H2,1H3. The summed E-state index contributed by atoms with van der Waals surface area (Å²) in [7, 11) is 2.08. The number of benzene rings is 1. The molecule has 3 rings (SSSR count). The van der Waals surface area contributed by atoms with Crippen LogP contribution in [0.15, 0.2) is 24.3 Å². The van der Waals surface area contributed by atoms with Crippen LogP contribution in [-0.4, -0.2) is 24.0 Å². The zero-order valence-corrected chi connectivity index (χ0v) is 11.8. The zero-order valence-electron chi connectivity index (χ0n) is 11.0. The summed E-state index contributed by atoms with van der Waals surface area (Å²) in [4.78, 5) is 2.31. The first-order valence-corrected chi connectivity index (χ1v) is 7.04. The number of halogens is 4. The van der Waals surface area contributed by atoms with Crippen molar-refractivity contribution in [1.29, 1.82) is 0 Å². The molecule has 2 unspecified atom stereocenters. The molecule has 1 aromatic rings. The quantitative estimate of drug-likeness (QED) is 0.732. The van der Waals surface area contributed by atoms with Gasteiger partial charge in [-0.1, -0.05) is 23.7 Å². The summed E-state index contributed by atoms with van der Waals surface area (Å²) in [5, 5.41) is -0.238. The van der Waals surface area contributed by atoms with Crippen molar-refractivity contribution in [3.8, 4) is 0 Å². The van der Waals surface area contributed by atoms with Crippen LogP contribution in [0.1, 0.15) is 30.4 Å². The molecule has 0 spiro atoms. The number of fused-ring (bicyclic) bond motifs is 2. The fourth-order valence-corrected chi connectivity index (χ4v) is 3.42. The Morgan fingerprint density at radius 1 is 1.25 bits per heavy atom. The second-order valence-electron chi connectivity index (χ2n) is 5.55. The molecule has 108 valence electrons. The Bertz CT molecular complexity index is 565. The molecule has 0 N–H and O–H groups in total. The Morgan fingerprint density at radius 3 is 2.65 bits per heavy atom. The van der Waals surface area contributed by atoms with Gasteiger partial charge >= 0.3 is 6.18 Å². The van der Waals surface area contributed by atoms with Gasteiger partial charge in [0.2, 0.25) is 0 Å². The van der Waals surface area contributed by atoms with Crippen molar-refractivity contribution in [2.24, 2.45) is 0 Å². The first kappa shape index (κ1) is 14.0. The summed E-state index contributed by atoms with van der Waals surface area (Å²) in [5.74, 6) is 0. The number of likely N-dealkylation sites (N-methyl/N-ethyl adjacent to an activating group) is 1. The highest BCUT2D eigenvalue weighted by Gasteiger charge is 2.36. The minimum atomic E-state index is -4.40. The molecule has 2 aliphatic rings. The third-order valence-corrected chi connectivity index (χ3v) is 4.72. The number of nitrogens with zero attached hydrogens (tertiary/aromatic N) is 1. The van der Waals surface area contributed by atoms with Gasteiger partial charge in [-0.2, -0.15) is 13.2 Å². The van der Waals surface area contributed by atoms with E-state index in [2.05, 4.69) is 18.0 Å². The minimum absolute atomic E-state index is 0.238. The zero-order chi connectivity index (χ0) is 14.5. The van der Waals surface area contributed by atoms with Gasteiger partial charge in [0.15, 0.2) is 0 Å². The lowest BCUT2D eigenvalue weighted by atomic mass is 9.94. The monoisotopic (exact) mass is 301 g/mol. The van der Waals surface area contributed by atoms with E-state index in [1.54, 1.807) is 6.07 Å². The topological polar surface area (TPSA) is 3.24 Å². The second-order valence-corrected chi connectivity index (χ2v) is 5.96. The van der Waals surface area contributed by atoms with Gasteiger partial charge in [-0.15, -0.1) is 0 Å². The molecule has 2 aliphatic heterocycles. The van der Waals surface area contributed by atoms with Gasteiger partial charge in [0.1, 0.15) is 0 Å². The predicted octanol–water partition coefficient (Wildman–Crippen LogP) is 4.61. The van der Waals surface area contributed by atoms with Gasteiger partial charge in [-0.25, -0.2) is 0 Å². The molecule has 1 saturated heterocycles. The van der Waals surface area contributed by atoms with Gasteiger partial charge in [0.05, 0.1) is 10.6 Å². The molecule has 20 heavy (non-hydrogen) atoms. The van der Waals surface area contributed by atoms with Crippen LogP contribution in [0.25, 0.3) is 5.57 Å². The number of rotatable bonds is 1. The largest absolute Gasteiger partial charge is 0.417 e. The smallest absolute Gasteiger partial charge is 0.297 e. The third kappa shape index (κ3) is 2.35. The maximum Gasteiger partial charge on any atom is 0.417 e. The fourth-order valence-electron chi connectivity index (χ4n) is 3.20. The first-order chi connectivity index (χ1) is 9.36. The van der Waals surface area contributed by atoms with E-state index in [-0.39, 0.29) is 5.02 Å². The molecule has 0 aromatic heterocycles. The van der Waals surface area contributed by atoms with Gasteiger partial charge in [0, 0.05) is 12.1 Å². The Kier molecular flexibility index (Phi) is 3.33. The summed E-state index contributed by atoms with van der Waals surface area (Å²) in [6.07, 6.45) is 0.711. The van der Waals surface area contributed by atoms with Crippen LogP contribution in [0.3, 0.4) is 0 Å². The molecule has 1 nitrogen and oxygen atoms in total. The van der Waals surface area contributed by atoms with E-state index < -0.39 is 11.7 Å². The van der Waals surface area contributed by atoms with Crippen molar-refractivity contribution in [3.05, 3.63) is 40.4 Å².